The molecule has 0 bridgehead atoms. The maximum absolute atomic E-state index is 11.1. The summed E-state index contributed by atoms with van der Waals surface area (Å²) in [5.41, 5.74) is 7.51. The first-order valence-corrected chi connectivity index (χ1v) is 6.06. The van der Waals surface area contributed by atoms with Crippen LogP contribution in [0.5, 0.6) is 0 Å². The molecule has 0 aliphatic heterocycles. The van der Waals surface area contributed by atoms with Gasteiger partial charge in [0.25, 0.3) is 0 Å². The Morgan fingerprint density at radius 1 is 1.53 bits per heavy atom. The molecule has 0 saturated carbocycles. The normalized spacial score (nSPS) is 10.4. The van der Waals surface area contributed by atoms with E-state index >= 15 is 0 Å². The summed E-state index contributed by atoms with van der Waals surface area (Å²) in [7, 11) is 0. The summed E-state index contributed by atoms with van der Waals surface area (Å²) in [6.45, 7) is 2.06. The lowest BCUT2D eigenvalue weighted by atomic mass is 10.1. The minimum Gasteiger partial charge on any atom is -0.478 e. The minimum absolute atomic E-state index is 0.196. The van der Waals surface area contributed by atoms with E-state index in [1.54, 1.807) is 0 Å². The van der Waals surface area contributed by atoms with Crippen LogP contribution in [0.2, 0.25) is 0 Å². The largest absolute Gasteiger partial charge is 0.478 e. The van der Waals surface area contributed by atoms with Gasteiger partial charge in [-0.15, -0.1) is 11.3 Å². The smallest absolute Gasteiger partial charge is 0.336 e. The molecule has 0 atom stereocenters. The lowest BCUT2D eigenvalue weighted by Gasteiger charge is -2.03. The van der Waals surface area contributed by atoms with Crippen molar-refractivity contribution in [2.75, 3.05) is 5.73 Å². The van der Waals surface area contributed by atoms with Crippen LogP contribution in [-0.4, -0.2) is 16.1 Å². The van der Waals surface area contributed by atoms with Gasteiger partial charge in [-0.2, -0.15) is 0 Å². The lowest BCUT2D eigenvalue weighted by Crippen LogP contribution is -2.02. The molecule has 0 aliphatic rings. The van der Waals surface area contributed by atoms with Gasteiger partial charge in [-0.05, 0) is 29.5 Å². The average Bonchev–Trinajstić information content (AvgIpc) is 2.77. The molecule has 0 aromatic carbocycles. The van der Waals surface area contributed by atoms with Crippen LogP contribution in [0.3, 0.4) is 0 Å². The van der Waals surface area contributed by atoms with Crippen molar-refractivity contribution in [2.45, 2.75) is 13.3 Å². The van der Waals surface area contributed by atoms with E-state index in [2.05, 4.69) is 11.9 Å². The SMILES string of the molecule is CCc1csc(-c2cnc(N)cc2C(=O)O)c1. The van der Waals surface area contributed by atoms with E-state index in [1.807, 2.05) is 11.4 Å². The lowest BCUT2D eigenvalue weighted by molar-refractivity contribution is 0.0697. The predicted octanol–water partition coefficient (Wildman–Crippen LogP) is 2.65. The standard InChI is InChI=1S/C12H12N2O2S/c1-2-7-3-10(17-6-7)9-5-14-11(13)4-8(9)12(15)16/h3-6H,2H2,1H3,(H2,13,14)(H,15,16). The quantitative estimate of drug-likeness (QED) is 0.875. The average molecular weight is 248 g/mol. The number of rotatable bonds is 3. The fourth-order valence-electron chi connectivity index (χ4n) is 1.55. The molecular weight excluding hydrogens is 236 g/mol. The molecule has 0 amide bonds. The molecule has 0 unspecified atom stereocenters. The number of hydrogen-bond donors (Lipinski definition) is 2. The Labute approximate surface area is 103 Å². The zero-order valence-electron chi connectivity index (χ0n) is 9.30. The number of carbonyl (C=O) groups is 1. The number of aryl methyl sites for hydroxylation is 1. The zero-order valence-corrected chi connectivity index (χ0v) is 10.1. The number of aromatic carboxylic acids is 1. The topological polar surface area (TPSA) is 76.2 Å². The van der Waals surface area contributed by atoms with Gasteiger partial charge in [0, 0.05) is 16.6 Å². The van der Waals surface area contributed by atoms with Crippen LogP contribution in [0.25, 0.3) is 10.4 Å². The molecule has 17 heavy (non-hydrogen) atoms. The van der Waals surface area contributed by atoms with E-state index in [-0.39, 0.29) is 11.4 Å². The molecule has 88 valence electrons. The van der Waals surface area contributed by atoms with Crippen molar-refractivity contribution in [3.05, 3.63) is 34.8 Å². The van der Waals surface area contributed by atoms with Crippen LogP contribution in [0.15, 0.2) is 23.7 Å². The number of carboxylic acid groups (broad SMARTS) is 1. The summed E-state index contributed by atoms with van der Waals surface area (Å²) >= 11 is 1.52. The Kier molecular flexibility index (Phi) is 3.10. The molecular formula is C12H12N2O2S. The fraction of sp³-hybridized carbons (Fsp3) is 0.167. The van der Waals surface area contributed by atoms with Crippen molar-refractivity contribution in [3.63, 3.8) is 0 Å². The van der Waals surface area contributed by atoms with Crippen LogP contribution in [0.4, 0.5) is 5.82 Å². The highest BCUT2D eigenvalue weighted by molar-refractivity contribution is 7.13. The molecule has 2 rings (SSSR count). The van der Waals surface area contributed by atoms with Crippen LogP contribution in [0.1, 0.15) is 22.8 Å². The third-order valence-electron chi connectivity index (χ3n) is 2.48. The van der Waals surface area contributed by atoms with Crippen molar-refractivity contribution in [1.29, 1.82) is 0 Å². The highest BCUT2D eigenvalue weighted by Crippen LogP contribution is 2.30. The summed E-state index contributed by atoms with van der Waals surface area (Å²) in [4.78, 5) is 16.0. The number of anilines is 1. The van der Waals surface area contributed by atoms with E-state index in [0.29, 0.717) is 5.56 Å². The van der Waals surface area contributed by atoms with Gasteiger partial charge in [0.1, 0.15) is 5.82 Å². The second-order valence-electron chi connectivity index (χ2n) is 3.63. The summed E-state index contributed by atoms with van der Waals surface area (Å²) < 4.78 is 0. The number of hydrogen-bond acceptors (Lipinski definition) is 4. The number of nitrogens with two attached hydrogens (primary N) is 1. The monoisotopic (exact) mass is 248 g/mol. The number of nitrogens with zero attached hydrogens (tertiary/aromatic N) is 1. The van der Waals surface area contributed by atoms with Crippen molar-refractivity contribution in [2.24, 2.45) is 0 Å². The first-order valence-electron chi connectivity index (χ1n) is 5.18. The second-order valence-corrected chi connectivity index (χ2v) is 4.54. The van der Waals surface area contributed by atoms with E-state index in [0.717, 1.165) is 11.3 Å². The third kappa shape index (κ3) is 2.29. The Bertz CT molecular complexity index is 563. The summed E-state index contributed by atoms with van der Waals surface area (Å²) in [5, 5.41) is 11.2. The van der Waals surface area contributed by atoms with Crippen LogP contribution in [0, 0.1) is 0 Å². The fourth-order valence-corrected chi connectivity index (χ4v) is 2.57. The molecule has 0 fully saturated rings. The predicted molar refractivity (Wildman–Crippen MR) is 68.3 cm³/mol. The number of aromatic nitrogens is 1. The third-order valence-corrected chi connectivity index (χ3v) is 3.50. The molecule has 2 aromatic heterocycles. The highest BCUT2D eigenvalue weighted by Gasteiger charge is 2.14. The van der Waals surface area contributed by atoms with Gasteiger partial charge in [-0.1, -0.05) is 6.92 Å². The van der Waals surface area contributed by atoms with Gasteiger partial charge in [-0.3, -0.25) is 0 Å². The maximum atomic E-state index is 11.1. The van der Waals surface area contributed by atoms with Crippen molar-refractivity contribution in [1.82, 2.24) is 4.98 Å². The van der Waals surface area contributed by atoms with Gasteiger partial charge in [0.05, 0.1) is 5.56 Å². The number of carboxylic acids is 1. The van der Waals surface area contributed by atoms with Crippen molar-refractivity contribution in [3.8, 4) is 10.4 Å². The molecule has 2 aromatic rings. The molecule has 0 aliphatic carbocycles. The van der Waals surface area contributed by atoms with Crippen molar-refractivity contribution >= 4 is 23.1 Å². The van der Waals surface area contributed by atoms with Crippen molar-refractivity contribution < 1.29 is 9.90 Å². The summed E-state index contributed by atoms with van der Waals surface area (Å²) in [5.74, 6) is -0.765. The van der Waals surface area contributed by atoms with Gasteiger partial charge in [0.15, 0.2) is 0 Å². The second kappa shape index (κ2) is 4.55. The molecule has 2 heterocycles. The highest BCUT2D eigenvalue weighted by atomic mass is 32.1. The summed E-state index contributed by atoms with van der Waals surface area (Å²) in [6, 6.07) is 3.38. The number of pyridine rings is 1. The Morgan fingerprint density at radius 2 is 2.29 bits per heavy atom. The van der Waals surface area contributed by atoms with E-state index in [9.17, 15) is 4.79 Å². The number of thiophene rings is 1. The Balaban J connectivity index is 2.54. The summed E-state index contributed by atoms with van der Waals surface area (Å²) in [6.07, 6.45) is 2.45. The molecule has 5 heteroatoms. The van der Waals surface area contributed by atoms with Gasteiger partial charge in [-0.25, -0.2) is 9.78 Å². The Hall–Kier alpha value is -1.88. The zero-order chi connectivity index (χ0) is 12.4. The van der Waals surface area contributed by atoms with Crippen LogP contribution in [-0.2, 0) is 6.42 Å². The first-order chi connectivity index (χ1) is 8.11. The van der Waals surface area contributed by atoms with Gasteiger partial charge in [0.2, 0.25) is 0 Å². The molecule has 4 nitrogen and oxygen atoms in total. The minimum atomic E-state index is -0.986. The van der Waals surface area contributed by atoms with E-state index in [1.165, 1.54) is 29.2 Å². The first kappa shape index (κ1) is 11.6. The molecule has 3 N–H and O–H groups in total. The van der Waals surface area contributed by atoms with E-state index in [4.69, 9.17) is 10.8 Å². The van der Waals surface area contributed by atoms with Gasteiger partial charge < -0.3 is 10.8 Å². The van der Waals surface area contributed by atoms with Crippen LogP contribution < -0.4 is 5.73 Å². The number of nitrogen functional groups attached to an aromatic ring is 1. The maximum Gasteiger partial charge on any atom is 0.336 e. The van der Waals surface area contributed by atoms with Gasteiger partial charge >= 0.3 is 5.97 Å². The molecule has 0 radical (unpaired) electrons. The van der Waals surface area contributed by atoms with E-state index < -0.39 is 5.97 Å². The van der Waals surface area contributed by atoms with Crippen LogP contribution >= 0.6 is 11.3 Å². The molecule has 0 saturated heterocycles. The Morgan fingerprint density at radius 3 is 2.88 bits per heavy atom. The molecule has 0 spiro atoms.